The lowest BCUT2D eigenvalue weighted by atomic mass is 10.0. The van der Waals surface area contributed by atoms with E-state index in [0.717, 1.165) is 11.3 Å². The summed E-state index contributed by atoms with van der Waals surface area (Å²) in [4.78, 5) is 24.1. The summed E-state index contributed by atoms with van der Waals surface area (Å²) in [6, 6.07) is 1.93. The van der Waals surface area contributed by atoms with E-state index in [1.54, 1.807) is 6.07 Å². The molecule has 0 aliphatic carbocycles. The van der Waals surface area contributed by atoms with Crippen LogP contribution in [0.2, 0.25) is 5.02 Å². The van der Waals surface area contributed by atoms with E-state index in [2.05, 4.69) is 0 Å². The number of rotatable bonds is 3. The van der Waals surface area contributed by atoms with Gasteiger partial charge in [-0.2, -0.15) is 0 Å². The molecule has 1 heterocycles. The molecule has 1 aliphatic rings. The Hall–Kier alpha value is -1.95. The second-order valence-electron chi connectivity index (χ2n) is 4.75. The SMILES string of the molecule is CC(=O)N(C)C(C(=O)O)c1cc(Cl)c2c(c1)OCCCO2. The predicted octanol–water partition coefficient (Wildman–Crippen LogP) is 2.11. The molecule has 114 valence electrons. The van der Waals surface area contributed by atoms with E-state index in [4.69, 9.17) is 21.1 Å². The highest BCUT2D eigenvalue weighted by molar-refractivity contribution is 6.32. The smallest absolute Gasteiger partial charge is 0.331 e. The molecular weight excluding hydrogens is 298 g/mol. The van der Waals surface area contributed by atoms with Crippen LogP contribution in [0.15, 0.2) is 12.1 Å². The summed E-state index contributed by atoms with van der Waals surface area (Å²) in [6.45, 7) is 2.26. The van der Waals surface area contributed by atoms with Crippen LogP contribution in [0.1, 0.15) is 24.9 Å². The van der Waals surface area contributed by atoms with Gasteiger partial charge in [0.05, 0.1) is 18.2 Å². The first-order chi connectivity index (χ1) is 9.91. The number of carboxylic acid groups (broad SMARTS) is 1. The number of amides is 1. The summed E-state index contributed by atoms with van der Waals surface area (Å²) < 4.78 is 11.0. The molecule has 0 aromatic heterocycles. The summed E-state index contributed by atoms with van der Waals surface area (Å²) >= 11 is 6.15. The number of nitrogens with zero attached hydrogens (tertiary/aromatic N) is 1. The Morgan fingerprint density at radius 1 is 1.33 bits per heavy atom. The van der Waals surface area contributed by atoms with Gasteiger partial charge in [0, 0.05) is 20.4 Å². The van der Waals surface area contributed by atoms with Crippen molar-refractivity contribution >= 4 is 23.5 Å². The van der Waals surface area contributed by atoms with Crippen LogP contribution in [0.25, 0.3) is 0 Å². The Labute approximate surface area is 127 Å². The van der Waals surface area contributed by atoms with E-state index < -0.39 is 12.0 Å². The molecule has 1 aliphatic heterocycles. The highest BCUT2D eigenvalue weighted by Crippen LogP contribution is 2.40. The van der Waals surface area contributed by atoms with Crippen LogP contribution in [-0.2, 0) is 9.59 Å². The summed E-state index contributed by atoms with van der Waals surface area (Å²) in [5, 5.41) is 9.66. The number of hydrogen-bond acceptors (Lipinski definition) is 4. The van der Waals surface area contributed by atoms with Crippen molar-refractivity contribution in [3.8, 4) is 11.5 Å². The molecule has 1 aromatic carbocycles. The molecule has 1 N–H and O–H groups in total. The van der Waals surface area contributed by atoms with Crippen LogP contribution in [0.5, 0.6) is 11.5 Å². The molecule has 2 rings (SSSR count). The average Bonchev–Trinajstić information content (AvgIpc) is 2.64. The lowest BCUT2D eigenvalue weighted by Gasteiger charge is -2.24. The van der Waals surface area contributed by atoms with Gasteiger partial charge in [0.2, 0.25) is 5.91 Å². The number of likely N-dealkylation sites (N-methyl/N-ethyl adjacent to an activating group) is 1. The van der Waals surface area contributed by atoms with Gasteiger partial charge in [-0.15, -0.1) is 0 Å². The molecule has 0 fully saturated rings. The van der Waals surface area contributed by atoms with Crippen molar-refractivity contribution < 1.29 is 24.2 Å². The maximum absolute atomic E-state index is 11.5. The molecule has 1 atom stereocenters. The van der Waals surface area contributed by atoms with Crippen molar-refractivity contribution in [2.75, 3.05) is 20.3 Å². The quantitative estimate of drug-likeness (QED) is 0.925. The third-order valence-electron chi connectivity index (χ3n) is 3.26. The van der Waals surface area contributed by atoms with Crippen LogP contribution < -0.4 is 9.47 Å². The molecule has 1 amide bonds. The van der Waals surface area contributed by atoms with Crippen LogP contribution in [-0.4, -0.2) is 42.1 Å². The highest BCUT2D eigenvalue weighted by Gasteiger charge is 2.29. The van der Waals surface area contributed by atoms with Crippen molar-refractivity contribution in [1.29, 1.82) is 0 Å². The number of carbonyl (C=O) groups is 2. The van der Waals surface area contributed by atoms with Crippen molar-refractivity contribution in [3.63, 3.8) is 0 Å². The summed E-state index contributed by atoms with van der Waals surface area (Å²) in [5.74, 6) is -0.686. The Bertz CT molecular complexity index is 575. The number of ether oxygens (including phenoxy) is 2. The van der Waals surface area contributed by atoms with Crippen molar-refractivity contribution in [3.05, 3.63) is 22.7 Å². The minimum Gasteiger partial charge on any atom is -0.489 e. The zero-order valence-corrected chi connectivity index (χ0v) is 12.5. The zero-order valence-electron chi connectivity index (χ0n) is 11.8. The van der Waals surface area contributed by atoms with Crippen LogP contribution in [0.3, 0.4) is 0 Å². The fraction of sp³-hybridized carbons (Fsp3) is 0.429. The Morgan fingerprint density at radius 2 is 2.00 bits per heavy atom. The Balaban J connectivity index is 2.47. The summed E-state index contributed by atoms with van der Waals surface area (Å²) in [5.41, 5.74) is 0.370. The number of hydrogen-bond donors (Lipinski definition) is 1. The highest BCUT2D eigenvalue weighted by atomic mass is 35.5. The number of halogens is 1. The van der Waals surface area contributed by atoms with Gasteiger partial charge in [-0.05, 0) is 17.7 Å². The maximum atomic E-state index is 11.5. The van der Waals surface area contributed by atoms with Crippen LogP contribution in [0, 0.1) is 0 Å². The van der Waals surface area contributed by atoms with E-state index in [0.29, 0.717) is 30.3 Å². The topological polar surface area (TPSA) is 76.1 Å². The first kappa shape index (κ1) is 15.4. The Kier molecular flexibility index (Phi) is 4.57. The summed E-state index contributed by atoms with van der Waals surface area (Å²) in [6.07, 6.45) is 0.718. The minimum absolute atomic E-state index is 0.271. The molecule has 0 saturated carbocycles. The van der Waals surface area contributed by atoms with E-state index in [-0.39, 0.29) is 10.9 Å². The lowest BCUT2D eigenvalue weighted by molar-refractivity contribution is -0.148. The maximum Gasteiger partial charge on any atom is 0.331 e. The largest absolute Gasteiger partial charge is 0.489 e. The molecule has 0 spiro atoms. The number of benzene rings is 1. The van der Waals surface area contributed by atoms with Gasteiger partial charge in [0.25, 0.3) is 0 Å². The van der Waals surface area contributed by atoms with Gasteiger partial charge in [0.15, 0.2) is 17.5 Å². The number of carbonyl (C=O) groups excluding carboxylic acids is 1. The standard InChI is InChI=1S/C14H16ClNO5/c1-8(17)16(2)12(14(18)19)9-6-10(15)13-11(7-9)20-4-3-5-21-13/h6-7,12H,3-5H2,1-2H3,(H,18,19). The average molecular weight is 314 g/mol. The third kappa shape index (κ3) is 3.21. The van der Waals surface area contributed by atoms with E-state index in [9.17, 15) is 14.7 Å². The fourth-order valence-electron chi connectivity index (χ4n) is 2.12. The monoisotopic (exact) mass is 313 g/mol. The first-order valence-electron chi connectivity index (χ1n) is 6.47. The van der Waals surface area contributed by atoms with Gasteiger partial charge in [-0.1, -0.05) is 11.6 Å². The van der Waals surface area contributed by atoms with E-state index >= 15 is 0 Å². The minimum atomic E-state index is -1.14. The van der Waals surface area contributed by atoms with Crippen molar-refractivity contribution in [1.82, 2.24) is 4.90 Å². The second kappa shape index (κ2) is 6.22. The van der Waals surface area contributed by atoms with Gasteiger partial charge >= 0.3 is 5.97 Å². The molecule has 7 heteroatoms. The summed E-state index contributed by atoms with van der Waals surface area (Å²) in [7, 11) is 1.43. The molecule has 6 nitrogen and oxygen atoms in total. The van der Waals surface area contributed by atoms with Gasteiger partial charge < -0.3 is 19.5 Å². The normalized spacial score (nSPS) is 15.0. The lowest BCUT2D eigenvalue weighted by Crippen LogP contribution is -2.34. The van der Waals surface area contributed by atoms with Gasteiger partial charge in [0.1, 0.15) is 0 Å². The fourth-order valence-corrected chi connectivity index (χ4v) is 2.40. The third-order valence-corrected chi connectivity index (χ3v) is 3.54. The molecule has 0 saturated heterocycles. The van der Waals surface area contributed by atoms with Crippen LogP contribution in [0.4, 0.5) is 0 Å². The second-order valence-corrected chi connectivity index (χ2v) is 5.16. The first-order valence-corrected chi connectivity index (χ1v) is 6.85. The van der Waals surface area contributed by atoms with Crippen molar-refractivity contribution in [2.45, 2.75) is 19.4 Å². The number of fused-ring (bicyclic) bond motifs is 1. The Morgan fingerprint density at radius 3 is 2.62 bits per heavy atom. The van der Waals surface area contributed by atoms with Gasteiger partial charge in [-0.25, -0.2) is 4.79 Å². The van der Waals surface area contributed by atoms with Crippen molar-refractivity contribution in [2.24, 2.45) is 0 Å². The number of carboxylic acids is 1. The molecule has 1 aromatic rings. The molecule has 0 bridgehead atoms. The van der Waals surface area contributed by atoms with Crippen LogP contribution >= 0.6 is 11.6 Å². The molecule has 1 unspecified atom stereocenters. The van der Waals surface area contributed by atoms with E-state index in [1.807, 2.05) is 0 Å². The van der Waals surface area contributed by atoms with Gasteiger partial charge in [-0.3, -0.25) is 4.79 Å². The molecular formula is C14H16ClNO5. The zero-order chi connectivity index (χ0) is 15.6. The molecule has 21 heavy (non-hydrogen) atoms. The molecule has 0 radical (unpaired) electrons. The predicted molar refractivity (Wildman–Crippen MR) is 75.9 cm³/mol. The van der Waals surface area contributed by atoms with E-state index in [1.165, 1.54) is 20.0 Å². The number of aliphatic carboxylic acids is 1.